The lowest BCUT2D eigenvalue weighted by Crippen LogP contribution is -2.27. The van der Waals surface area contributed by atoms with Crippen molar-refractivity contribution in [3.63, 3.8) is 0 Å². The second kappa shape index (κ2) is 7.32. The Morgan fingerprint density at radius 2 is 1.94 bits per heavy atom. The van der Waals surface area contributed by atoms with Crippen molar-refractivity contribution in [3.05, 3.63) is 0 Å². The molecular weight excluding hydrogens is 196 g/mol. The van der Waals surface area contributed by atoms with Crippen LogP contribution in [0.1, 0.15) is 72.1 Å². The van der Waals surface area contributed by atoms with Gasteiger partial charge in [0.25, 0.3) is 0 Å². The maximum absolute atomic E-state index is 9.69. The predicted octanol–water partition coefficient (Wildman–Crippen LogP) is 4.39. The molecule has 0 heterocycles. The Kier molecular flexibility index (Phi) is 6.41. The van der Waals surface area contributed by atoms with Crippen molar-refractivity contribution in [1.82, 2.24) is 0 Å². The summed E-state index contributed by atoms with van der Waals surface area (Å²) in [6.07, 6.45) is 10.1. The van der Waals surface area contributed by atoms with Gasteiger partial charge in [-0.3, -0.25) is 0 Å². The van der Waals surface area contributed by atoms with E-state index in [0.717, 1.165) is 30.6 Å². The first-order valence-electron chi connectivity index (χ1n) is 7.37. The molecule has 1 saturated carbocycles. The van der Waals surface area contributed by atoms with Gasteiger partial charge in [-0.05, 0) is 37.0 Å². The van der Waals surface area contributed by atoms with Crippen LogP contribution in [0.2, 0.25) is 0 Å². The van der Waals surface area contributed by atoms with Gasteiger partial charge in [-0.25, -0.2) is 0 Å². The van der Waals surface area contributed by atoms with Gasteiger partial charge in [-0.2, -0.15) is 0 Å². The molecule has 0 radical (unpaired) electrons. The van der Waals surface area contributed by atoms with Crippen LogP contribution in [0.4, 0.5) is 0 Å². The number of hydrogen-bond acceptors (Lipinski definition) is 1. The summed E-state index contributed by atoms with van der Waals surface area (Å²) in [6, 6.07) is 0. The van der Waals surface area contributed by atoms with Crippen molar-refractivity contribution in [1.29, 1.82) is 0 Å². The summed E-state index contributed by atoms with van der Waals surface area (Å²) in [5.41, 5.74) is 0. The summed E-state index contributed by atoms with van der Waals surface area (Å²) >= 11 is 0. The molecule has 1 heteroatoms. The number of rotatable bonds is 6. The lowest BCUT2D eigenvalue weighted by molar-refractivity contribution is 0.103. The molecule has 0 bridgehead atoms. The Bertz CT molecular complexity index is 176. The fourth-order valence-corrected chi connectivity index (χ4v) is 3.43. The van der Waals surface area contributed by atoms with E-state index >= 15 is 0 Å². The van der Waals surface area contributed by atoms with Gasteiger partial charge in [-0.1, -0.05) is 52.9 Å². The molecule has 16 heavy (non-hydrogen) atoms. The molecule has 0 aromatic heterocycles. The fraction of sp³-hybridized carbons (Fsp3) is 1.00. The number of hydrogen-bond donors (Lipinski definition) is 1. The Labute approximate surface area is 102 Å². The third-order valence-corrected chi connectivity index (χ3v) is 4.53. The molecule has 0 aromatic rings. The van der Waals surface area contributed by atoms with Gasteiger partial charge in [0, 0.05) is 0 Å². The van der Waals surface area contributed by atoms with Gasteiger partial charge in [0.05, 0.1) is 6.10 Å². The minimum Gasteiger partial charge on any atom is -0.393 e. The zero-order valence-electron chi connectivity index (χ0n) is 11.4. The van der Waals surface area contributed by atoms with Gasteiger partial charge in [0.15, 0.2) is 0 Å². The first kappa shape index (κ1) is 14.0. The highest BCUT2D eigenvalue weighted by Gasteiger charge is 2.29. The monoisotopic (exact) mass is 226 g/mol. The van der Waals surface area contributed by atoms with E-state index < -0.39 is 0 Å². The van der Waals surface area contributed by atoms with E-state index in [1.165, 1.54) is 38.5 Å². The molecule has 4 atom stereocenters. The summed E-state index contributed by atoms with van der Waals surface area (Å²) in [7, 11) is 0. The van der Waals surface area contributed by atoms with Gasteiger partial charge in [-0.15, -0.1) is 0 Å². The zero-order valence-corrected chi connectivity index (χ0v) is 11.4. The molecule has 1 rings (SSSR count). The third kappa shape index (κ3) is 4.08. The van der Waals surface area contributed by atoms with E-state index in [1.54, 1.807) is 0 Å². The van der Waals surface area contributed by atoms with Crippen LogP contribution >= 0.6 is 0 Å². The minimum absolute atomic E-state index is 0.0589. The molecule has 1 aliphatic carbocycles. The summed E-state index contributed by atoms with van der Waals surface area (Å²) in [5.74, 6) is 2.71. The highest BCUT2D eigenvalue weighted by molar-refractivity contribution is 4.80. The topological polar surface area (TPSA) is 20.2 Å². The van der Waals surface area contributed by atoms with Crippen LogP contribution in [0.5, 0.6) is 0 Å². The van der Waals surface area contributed by atoms with E-state index in [0.29, 0.717) is 0 Å². The maximum atomic E-state index is 9.69. The molecule has 3 unspecified atom stereocenters. The van der Waals surface area contributed by atoms with Crippen LogP contribution in [0.25, 0.3) is 0 Å². The maximum Gasteiger partial charge on any atom is 0.0537 e. The van der Waals surface area contributed by atoms with Crippen LogP contribution in [-0.4, -0.2) is 11.2 Å². The quantitative estimate of drug-likeness (QED) is 0.712. The third-order valence-electron chi connectivity index (χ3n) is 4.53. The Morgan fingerprint density at radius 1 is 1.19 bits per heavy atom. The van der Waals surface area contributed by atoms with Gasteiger partial charge in [0.2, 0.25) is 0 Å². The van der Waals surface area contributed by atoms with Crippen molar-refractivity contribution in [2.45, 2.75) is 78.2 Å². The standard InChI is InChI=1S/C15H30O/c1-4-7-13-9-6-8-12(3)15(13)11-10-14(16)5-2/h12-16H,4-11H2,1-3H3/t12?,13?,14?,15-/m1/s1. The Morgan fingerprint density at radius 3 is 2.56 bits per heavy atom. The summed E-state index contributed by atoms with van der Waals surface area (Å²) in [4.78, 5) is 0. The van der Waals surface area contributed by atoms with Crippen LogP contribution in [-0.2, 0) is 0 Å². The van der Waals surface area contributed by atoms with Crippen LogP contribution in [0.15, 0.2) is 0 Å². The molecule has 0 saturated heterocycles. The molecule has 1 aliphatic rings. The van der Waals surface area contributed by atoms with Crippen molar-refractivity contribution in [3.8, 4) is 0 Å². The van der Waals surface area contributed by atoms with Crippen molar-refractivity contribution >= 4 is 0 Å². The molecule has 0 aromatic carbocycles. The molecule has 1 nitrogen and oxygen atoms in total. The first-order valence-corrected chi connectivity index (χ1v) is 7.37. The molecular formula is C15H30O. The smallest absolute Gasteiger partial charge is 0.0537 e. The normalized spacial score (nSPS) is 32.6. The van der Waals surface area contributed by atoms with Gasteiger partial charge >= 0.3 is 0 Å². The summed E-state index contributed by atoms with van der Waals surface area (Å²) < 4.78 is 0. The highest BCUT2D eigenvalue weighted by Crippen LogP contribution is 2.40. The molecule has 1 N–H and O–H groups in total. The fourth-order valence-electron chi connectivity index (χ4n) is 3.43. The lowest BCUT2D eigenvalue weighted by atomic mass is 9.69. The highest BCUT2D eigenvalue weighted by atomic mass is 16.3. The SMILES string of the molecule is CCCC1CCCC(C)[C@H]1CCC(O)CC. The molecule has 1 fully saturated rings. The largest absolute Gasteiger partial charge is 0.393 e. The van der Waals surface area contributed by atoms with E-state index in [1.807, 2.05) is 0 Å². The second-order valence-electron chi connectivity index (χ2n) is 5.76. The van der Waals surface area contributed by atoms with E-state index in [-0.39, 0.29) is 6.10 Å². The average molecular weight is 226 g/mol. The average Bonchev–Trinajstić information content (AvgIpc) is 2.28. The molecule has 0 amide bonds. The van der Waals surface area contributed by atoms with E-state index in [2.05, 4.69) is 20.8 Å². The van der Waals surface area contributed by atoms with Crippen LogP contribution in [0.3, 0.4) is 0 Å². The van der Waals surface area contributed by atoms with E-state index in [4.69, 9.17) is 0 Å². The van der Waals surface area contributed by atoms with E-state index in [9.17, 15) is 5.11 Å². The van der Waals surface area contributed by atoms with Crippen LogP contribution < -0.4 is 0 Å². The zero-order chi connectivity index (χ0) is 12.0. The second-order valence-corrected chi connectivity index (χ2v) is 5.76. The van der Waals surface area contributed by atoms with Gasteiger partial charge in [0.1, 0.15) is 0 Å². The molecule has 0 spiro atoms. The summed E-state index contributed by atoms with van der Waals surface area (Å²) in [6.45, 7) is 6.81. The van der Waals surface area contributed by atoms with Crippen molar-refractivity contribution in [2.75, 3.05) is 0 Å². The van der Waals surface area contributed by atoms with Crippen molar-refractivity contribution < 1.29 is 5.11 Å². The van der Waals surface area contributed by atoms with Crippen LogP contribution in [0, 0.1) is 17.8 Å². The number of aliphatic hydroxyl groups is 1. The Balaban J connectivity index is 2.43. The minimum atomic E-state index is -0.0589. The van der Waals surface area contributed by atoms with Gasteiger partial charge < -0.3 is 5.11 Å². The number of aliphatic hydroxyl groups excluding tert-OH is 1. The predicted molar refractivity (Wildman–Crippen MR) is 70.4 cm³/mol. The first-order chi connectivity index (χ1) is 7.69. The van der Waals surface area contributed by atoms with Crippen molar-refractivity contribution in [2.24, 2.45) is 17.8 Å². The summed E-state index contributed by atoms with van der Waals surface area (Å²) in [5, 5.41) is 9.69. The lowest BCUT2D eigenvalue weighted by Gasteiger charge is -2.37. The molecule has 96 valence electrons. The Hall–Kier alpha value is -0.0400. The molecule has 0 aliphatic heterocycles.